The quantitative estimate of drug-likeness (QED) is 0.571. The maximum absolute atomic E-state index is 12.7. The third-order valence-electron chi connectivity index (χ3n) is 5.26. The minimum atomic E-state index is -0.385. The highest BCUT2D eigenvalue weighted by Crippen LogP contribution is 2.24. The summed E-state index contributed by atoms with van der Waals surface area (Å²) in [5.41, 5.74) is 1.52. The van der Waals surface area contributed by atoms with Crippen molar-refractivity contribution in [1.82, 2.24) is 4.90 Å². The number of aliphatic hydroxyl groups is 1. The van der Waals surface area contributed by atoms with E-state index in [1.807, 2.05) is 6.92 Å². The number of esters is 1. The molecule has 0 heterocycles. The van der Waals surface area contributed by atoms with E-state index in [0.29, 0.717) is 47.6 Å². The monoisotopic (exact) mass is 391 g/mol. The molecule has 28 heavy (non-hydrogen) atoms. The average Bonchev–Trinajstić information content (AvgIpc) is 2.64. The van der Waals surface area contributed by atoms with E-state index in [2.05, 4.69) is 27.7 Å². The zero-order valence-electron chi connectivity index (χ0n) is 18.3. The van der Waals surface area contributed by atoms with Gasteiger partial charge in [0, 0.05) is 18.7 Å². The van der Waals surface area contributed by atoms with Gasteiger partial charge in [-0.05, 0) is 62.1 Å². The first kappa shape index (κ1) is 24.2. The highest BCUT2D eigenvalue weighted by atomic mass is 16.5. The largest absolute Gasteiger partial charge is 0.462 e. The summed E-state index contributed by atoms with van der Waals surface area (Å²) in [6.45, 7) is 13.5. The third-order valence-corrected chi connectivity index (χ3v) is 5.26. The molecule has 0 aromatic heterocycles. The lowest BCUT2D eigenvalue weighted by Crippen LogP contribution is -2.34. The van der Waals surface area contributed by atoms with Crippen LogP contribution in [0.15, 0.2) is 18.2 Å². The first-order chi connectivity index (χ1) is 13.2. The van der Waals surface area contributed by atoms with Crippen LogP contribution in [0.25, 0.3) is 0 Å². The summed E-state index contributed by atoms with van der Waals surface area (Å²) in [7, 11) is 0. The van der Waals surface area contributed by atoms with Gasteiger partial charge in [0.1, 0.15) is 0 Å². The second kappa shape index (κ2) is 11.8. The molecule has 5 heteroatoms. The van der Waals surface area contributed by atoms with Crippen molar-refractivity contribution in [3.05, 3.63) is 34.9 Å². The predicted molar refractivity (Wildman–Crippen MR) is 113 cm³/mol. The number of amides is 1. The minimum Gasteiger partial charge on any atom is -0.462 e. The normalized spacial score (nSPS) is 12.3. The molecule has 158 valence electrons. The van der Waals surface area contributed by atoms with Crippen molar-refractivity contribution in [2.75, 3.05) is 26.3 Å². The molecule has 1 N–H and O–H groups in total. The second-order valence-corrected chi connectivity index (χ2v) is 8.14. The summed E-state index contributed by atoms with van der Waals surface area (Å²) in [6, 6.07) is 5.12. The summed E-state index contributed by atoms with van der Waals surface area (Å²) < 4.78 is 5.54. The van der Waals surface area contributed by atoms with E-state index in [9.17, 15) is 9.59 Å². The van der Waals surface area contributed by atoms with Crippen molar-refractivity contribution >= 4 is 11.9 Å². The molecule has 0 saturated heterocycles. The topological polar surface area (TPSA) is 66.8 Å². The highest BCUT2D eigenvalue weighted by Gasteiger charge is 2.21. The Bertz CT molecular complexity index is 639. The molecule has 1 atom stereocenters. The van der Waals surface area contributed by atoms with E-state index in [0.717, 1.165) is 12.8 Å². The molecule has 0 aliphatic carbocycles. The molecule has 5 nitrogen and oxygen atoms in total. The van der Waals surface area contributed by atoms with Gasteiger partial charge < -0.3 is 14.7 Å². The fourth-order valence-corrected chi connectivity index (χ4v) is 3.49. The van der Waals surface area contributed by atoms with Gasteiger partial charge in [-0.25, -0.2) is 4.79 Å². The van der Waals surface area contributed by atoms with Gasteiger partial charge in [0.2, 0.25) is 0 Å². The smallest absolute Gasteiger partial charge is 0.338 e. The summed E-state index contributed by atoms with van der Waals surface area (Å²) in [4.78, 5) is 26.9. The van der Waals surface area contributed by atoms with Crippen molar-refractivity contribution in [3.8, 4) is 0 Å². The molecule has 1 aromatic rings. The van der Waals surface area contributed by atoms with Gasteiger partial charge in [-0.3, -0.25) is 4.79 Å². The lowest BCUT2D eigenvalue weighted by atomic mass is 9.85. The van der Waals surface area contributed by atoms with Crippen LogP contribution in [0, 0.1) is 24.7 Å². The Morgan fingerprint density at radius 1 is 1.14 bits per heavy atom. The third kappa shape index (κ3) is 6.93. The fraction of sp³-hybridized carbons (Fsp3) is 0.652. The Morgan fingerprint density at radius 3 is 2.32 bits per heavy atom. The Labute approximate surface area is 170 Å². The van der Waals surface area contributed by atoms with Crippen LogP contribution in [0.2, 0.25) is 0 Å². The predicted octanol–water partition coefficient (Wildman–Crippen LogP) is 4.31. The first-order valence-electron chi connectivity index (χ1n) is 10.4. The zero-order chi connectivity index (χ0) is 21.3. The van der Waals surface area contributed by atoms with Crippen LogP contribution in [-0.4, -0.2) is 48.2 Å². The van der Waals surface area contributed by atoms with Crippen LogP contribution in [-0.2, 0) is 4.74 Å². The van der Waals surface area contributed by atoms with E-state index in [4.69, 9.17) is 9.84 Å². The van der Waals surface area contributed by atoms with Crippen LogP contribution in [0.1, 0.15) is 73.7 Å². The van der Waals surface area contributed by atoms with Gasteiger partial charge in [0.25, 0.3) is 5.91 Å². The molecule has 0 radical (unpaired) electrons. The number of carbonyl (C=O) groups is 2. The van der Waals surface area contributed by atoms with Gasteiger partial charge >= 0.3 is 5.97 Å². The number of ether oxygens (including phenoxy) is 1. The minimum absolute atomic E-state index is 0.0895. The first-order valence-corrected chi connectivity index (χ1v) is 10.4. The number of nitrogens with zero attached hydrogens (tertiary/aromatic N) is 1. The summed E-state index contributed by atoms with van der Waals surface area (Å²) >= 11 is 0. The van der Waals surface area contributed by atoms with E-state index in [1.54, 1.807) is 30.0 Å². The van der Waals surface area contributed by atoms with Crippen molar-refractivity contribution in [2.24, 2.45) is 17.8 Å². The lowest BCUT2D eigenvalue weighted by molar-refractivity contribution is 0.0466. The maximum atomic E-state index is 12.7. The maximum Gasteiger partial charge on any atom is 0.338 e. The highest BCUT2D eigenvalue weighted by molar-refractivity contribution is 6.00. The van der Waals surface area contributed by atoms with E-state index in [-0.39, 0.29) is 25.0 Å². The molecule has 0 spiro atoms. The number of hydrogen-bond acceptors (Lipinski definition) is 4. The van der Waals surface area contributed by atoms with Crippen LogP contribution in [0.3, 0.4) is 0 Å². The van der Waals surface area contributed by atoms with Crippen LogP contribution >= 0.6 is 0 Å². The van der Waals surface area contributed by atoms with Crippen molar-refractivity contribution in [1.29, 1.82) is 0 Å². The Kier molecular flexibility index (Phi) is 10.2. The number of rotatable bonds is 11. The summed E-state index contributed by atoms with van der Waals surface area (Å²) in [6.07, 6.45) is 1.97. The number of likely N-dealkylation sites (N-methyl/N-ethyl adjacent to an activating group) is 1. The molecule has 0 fully saturated rings. The standard InChI is InChI=1S/C23H37NO4/c1-7-24(12-13-25)22(26)20-9-8-10-21(18(20)6)23(27)28-14-11-19(17(4)5)15-16(2)3/h8-10,16-17,19,25H,7,11-15H2,1-6H3. The zero-order valence-corrected chi connectivity index (χ0v) is 18.3. The van der Waals surface area contributed by atoms with Gasteiger partial charge in [-0.15, -0.1) is 0 Å². The van der Waals surface area contributed by atoms with E-state index in [1.165, 1.54) is 0 Å². The molecule has 0 bridgehead atoms. The molecular formula is C23H37NO4. The number of benzene rings is 1. The average molecular weight is 392 g/mol. The SMILES string of the molecule is CCN(CCO)C(=O)c1cccc(C(=O)OCCC(CC(C)C)C(C)C)c1C. The fourth-order valence-electron chi connectivity index (χ4n) is 3.49. The second-order valence-electron chi connectivity index (χ2n) is 8.14. The van der Waals surface area contributed by atoms with Gasteiger partial charge in [-0.2, -0.15) is 0 Å². The van der Waals surface area contributed by atoms with Crippen LogP contribution in [0.5, 0.6) is 0 Å². The molecule has 0 aliphatic rings. The van der Waals surface area contributed by atoms with Crippen LogP contribution in [0.4, 0.5) is 0 Å². The number of aliphatic hydroxyl groups excluding tert-OH is 1. The van der Waals surface area contributed by atoms with E-state index < -0.39 is 0 Å². The molecule has 1 unspecified atom stereocenters. The van der Waals surface area contributed by atoms with Crippen molar-refractivity contribution < 1.29 is 19.4 Å². The summed E-state index contributed by atoms with van der Waals surface area (Å²) in [5, 5.41) is 9.14. The molecule has 0 aliphatic heterocycles. The van der Waals surface area contributed by atoms with Crippen molar-refractivity contribution in [3.63, 3.8) is 0 Å². The number of hydrogen-bond donors (Lipinski definition) is 1. The van der Waals surface area contributed by atoms with Crippen LogP contribution < -0.4 is 0 Å². The molecular weight excluding hydrogens is 354 g/mol. The molecule has 1 rings (SSSR count). The lowest BCUT2D eigenvalue weighted by Gasteiger charge is -2.23. The Hall–Kier alpha value is -1.88. The molecule has 1 aromatic carbocycles. The molecule has 1 amide bonds. The van der Waals surface area contributed by atoms with Gasteiger partial charge in [0.15, 0.2) is 0 Å². The Morgan fingerprint density at radius 2 is 1.79 bits per heavy atom. The number of carbonyl (C=O) groups excluding carboxylic acids is 2. The van der Waals surface area contributed by atoms with Crippen molar-refractivity contribution in [2.45, 2.75) is 54.4 Å². The van der Waals surface area contributed by atoms with Gasteiger partial charge in [0.05, 0.1) is 18.8 Å². The van der Waals surface area contributed by atoms with Gasteiger partial charge in [-0.1, -0.05) is 33.8 Å². The summed E-state index contributed by atoms with van der Waals surface area (Å²) in [5.74, 6) is 1.13. The van der Waals surface area contributed by atoms with E-state index >= 15 is 0 Å². The molecule has 0 saturated carbocycles. The Balaban J connectivity index is 2.82.